The van der Waals surface area contributed by atoms with Crippen molar-refractivity contribution >= 4 is 45.3 Å². The maximum Gasteiger partial charge on any atom is 0.494 e. The van der Waals surface area contributed by atoms with Crippen LogP contribution in [-0.4, -0.2) is 18.3 Å². The minimum atomic E-state index is -0.395. The Morgan fingerprint density at radius 2 is 1.38 bits per heavy atom. The van der Waals surface area contributed by atoms with Crippen LogP contribution in [0, 0.1) is 0 Å². The molecule has 4 heteroatoms. The number of hydrogen-bond acceptors (Lipinski definition) is 3. The van der Waals surface area contributed by atoms with E-state index in [1.165, 1.54) is 33.0 Å². The van der Waals surface area contributed by atoms with E-state index in [4.69, 9.17) is 13.7 Å². The van der Waals surface area contributed by atoms with Crippen molar-refractivity contribution in [3.8, 4) is 22.3 Å². The minimum Gasteiger partial charge on any atom is -0.455 e. The summed E-state index contributed by atoms with van der Waals surface area (Å²) in [5.41, 5.74) is 7.07. The predicted molar refractivity (Wildman–Crippen MR) is 131 cm³/mol. The second-order valence-electron chi connectivity index (χ2n) is 10.0. The van der Waals surface area contributed by atoms with Crippen LogP contribution in [0.4, 0.5) is 0 Å². The fraction of sp³-hybridized carbons (Fsp3) is 0.214. The SMILES string of the molecule is CC1(C)OB(c2cc3c4c(c5oc6ccccc6c5cc4c2)-c2ccccc2-3)OC1(C)C. The van der Waals surface area contributed by atoms with Crippen LogP contribution in [-0.2, 0) is 9.31 Å². The second kappa shape index (κ2) is 5.83. The van der Waals surface area contributed by atoms with E-state index >= 15 is 0 Å². The molecule has 0 N–H and O–H groups in total. The van der Waals surface area contributed by atoms with Gasteiger partial charge in [-0.2, -0.15) is 0 Å². The van der Waals surface area contributed by atoms with E-state index in [1.807, 2.05) is 12.1 Å². The molecule has 1 aliphatic heterocycles. The number of furan rings is 1. The lowest BCUT2D eigenvalue weighted by Crippen LogP contribution is -2.41. The molecule has 32 heavy (non-hydrogen) atoms. The topological polar surface area (TPSA) is 31.6 Å². The lowest BCUT2D eigenvalue weighted by Gasteiger charge is -2.32. The van der Waals surface area contributed by atoms with Crippen molar-refractivity contribution in [1.29, 1.82) is 0 Å². The Bertz CT molecular complexity index is 1580. The predicted octanol–water partition coefficient (Wildman–Crippen LogP) is 6.69. The monoisotopic (exact) mass is 418 g/mol. The van der Waals surface area contributed by atoms with E-state index in [-0.39, 0.29) is 11.2 Å². The molecule has 3 nitrogen and oxygen atoms in total. The zero-order valence-corrected chi connectivity index (χ0v) is 18.7. The Labute approximate surface area is 187 Å². The van der Waals surface area contributed by atoms with Crippen molar-refractivity contribution in [2.75, 3.05) is 0 Å². The Morgan fingerprint density at radius 3 is 2.16 bits per heavy atom. The molecule has 0 unspecified atom stereocenters. The molecule has 156 valence electrons. The van der Waals surface area contributed by atoms with Crippen molar-refractivity contribution in [2.45, 2.75) is 38.9 Å². The van der Waals surface area contributed by atoms with Gasteiger partial charge in [-0.1, -0.05) is 54.6 Å². The lowest BCUT2D eigenvalue weighted by atomic mass is 9.77. The third kappa shape index (κ3) is 2.24. The van der Waals surface area contributed by atoms with E-state index in [0.717, 1.165) is 27.4 Å². The van der Waals surface area contributed by atoms with Crippen LogP contribution in [0.25, 0.3) is 55.0 Å². The van der Waals surface area contributed by atoms with Crippen LogP contribution in [0.1, 0.15) is 27.7 Å². The van der Waals surface area contributed by atoms with Crippen molar-refractivity contribution < 1.29 is 13.7 Å². The van der Waals surface area contributed by atoms with Gasteiger partial charge in [-0.3, -0.25) is 0 Å². The summed E-state index contributed by atoms with van der Waals surface area (Å²) in [6, 6.07) is 23.6. The summed E-state index contributed by atoms with van der Waals surface area (Å²) < 4.78 is 19.2. The quantitative estimate of drug-likeness (QED) is 0.279. The number of benzene rings is 4. The summed E-state index contributed by atoms with van der Waals surface area (Å²) in [5.74, 6) is 0. The fourth-order valence-corrected chi connectivity index (χ4v) is 5.26. The average molecular weight is 418 g/mol. The Hall–Kier alpha value is -3.08. The third-order valence-corrected chi connectivity index (χ3v) is 7.61. The van der Waals surface area contributed by atoms with Gasteiger partial charge in [0.25, 0.3) is 0 Å². The zero-order chi connectivity index (χ0) is 21.8. The van der Waals surface area contributed by atoms with Gasteiger partial charge in [-0.15, -0.1) is 0 Å². The molecule has 7 rings (SSSR count). The highest BCUT2D eigenvalue weighted by atomic mass is 16.7. The van der Waals surface area contributed by atoms with E-state index < -0.39 is 7.12 Å². The molecule has 1 aliphatic carbocycles. The molecule has 0 radical (unpaired) electrons. The van der Waals surface area contributed by atoms with E-state index in [9.17, 15) is 0 Å². The molecule has 0 bridgehead atoms. The Balaban J connectivity index is 1.57. The smallest absolute Gasteiger partial charge is 0.455 e. The van der Waals surface area contributed by atoms with Gasteiger partial charge in [0.05, 0.1) is 11.2 Å². The van der Waals surface area contributed by atoms with Crippen molar-refractivity contribution in [3.05, 3.63) is 66.7 Å². The van der Waals surface area contributed by atoms with Gasteiger partial charge < -0.3 is 13.7 Å². The number of para-hydroxylation sites is 1. The molecule has 1 aromatic heterocycles. The van der Waals surface area contributed by atoms with Crippen LogP contribution >= 0.6 is 0 Å². The molecule has 5 aromatic rings. The Kier molecular flexibility index (Phi) is 3.37. The molecule has 0 amide bonds. The van der Waals surface area contributed by atoms with Gasteiger partial charge in [0, 0.05) is 21.7 Å². The van der Waals surface area contributed by atoms with Gasteiger partial charge in [0.15, 0.2) is 0 Å². The van der Waals surface area contributed by atoms with Gasteiger partial charge in [0.1, 0.15) is 11.2 Å². The normalized spacial score (nSPS) is 18.2. The van der Waals surface area contributed by atoms with E-state index in [1.54, 1.807) is 0 Å². The van der Waals surface area contributed by atoms with Gasteiger partial charge >= 0.3 is 7.12 Å². The van der Waals surface area contributed by atoms with Crippen LogP contribution in [0.15, 0.2) is 71.1 Å². The molecule has 0 atom stereocenters. The molecule has 2 aliphatic rings. The first-order valence-corrected chi connectivity index (χ1v) is 11.2. The molecule has 4 aromatic carbocycles. The van der Waals surface area contributed by atoms with Crippen molar-refractivity contribution in [2.24, 2.45) is 0 Å². The fourth-order valence-electron chi connectivity index (χ4n) is 5.26. The molecular weight excluding hydrogens is 395 g/mol. The van der Waals surface area contributed by atoms with E-state index in [0.29, 0.717) is 0 Å². The number of hydrogen-bond donors (Lipinski definition) is 0. The number of fused-ring (bicyclic) bond motifs is 7. The first-order valence-electron chi connectivity index (χ1n) is 11.2. The van der Waals surface area contributed by atoms with Crippen molar-refractivity contribution in [1.82, 2.24) is 0 Å². The zero-order valence-electron chi connectivity index (χ0n) is 18.7. The first-order chi connectivity index (χ1) is 15.3. The van der Waals surface area contributed by atoms with Gasteiger partial charge in [-0.25, -0.2) is 0 Å². The molecule has 0 spiro atoms. The number of rotatable bonds is 1. The van der Waals surface area contributed by atoms with Crippen LogP contribution in [0.2, 0.25) is 0 Å². The summed E-state index contributed by atoms with van der Waals surface area (Å²) >= 11 is 0. The maximum absolute atomic E-state index is 6.41. The highest BCUT2D eigenvalue weighted by Crippen LogP contribution is 2.51. The van der Waals surface area contributed by atoms with Crippen molar-refractivity contribution in [3.63, 3.8) is 0 Å². The van der Waals surface area contributed by atoms with Crippen LogP contribution in [0.5, 0.6) is 0 Å². The average Bonchev–Trinajstić information content (AvgIpc) is 3.37. The summed E-state index contributed by atoms with van der Waals surface area (Å²) in [6.45, 7) is 8.40. The molecular formula is C28H23BO3. The first kappa shape index (κ1) is 18.5. The second-order valence-corrected chi connectivity index (χ2v) is 10.0. The minimum absolute atomic E-state index is 0.374. The lowest BCUT2D eigenvalue weighted by molar-refractivity contribution is 0.00578. The van der Waals surface area contributed by atoms with Crippen LogP contribution < -0.4 is 5.46 Å². The Morgan fingerprint density at radius 1 is 0.688 bits per heavy atom. The highest BCUT2D eigenvalue weighted by Gasteiger charge is 2.52. The molecule has 0 saturated carbocycles. The van der Waals surface area contributed by atoms with Gasteiger partial charge in [0.2, 0.25) is 0 Å². The summed E-state index contributed by atoms with van der Waals surface area (Å²) in [6.07, 6.45) is 0. The summed E-state index contributed by atoms with van der Waals surface area (Å²) in [5, 5.41) is 4.74. The summed E-state index contributed by atoms with van der Waals surface area (Å²) in [4.78, 5) is 0. The largest absolute Gasteiger partial charge is 0.494 e. The van der Waals surface area contributed by atoms with Crippen LogP contribution in [0.3, 0.4) is 0 Å². The summed E-state index contributed by atoms with van der Waals surface area (Å²) in [7, 11) is -0.395. The highest BCUT2D eigenvalue weighted by molar-refractivity contribution is 6.62. The molecule has 2 heterocycles. The van der Waals surface area contributed by atoms with E-state index in [2.05, 4.69) is 82.3 Å². The molecule has 1 fully saturated rings. The third-order valence-electron chi connectivity index (χ3n) is 7.61. The molecule has 1 saturated heterocycles. The standard InChI is InChI=1S/C28H23BO3/c1-27(2)28(3,4)32-29(31-27)17-13-16-14-22-19-10-7-8-12-23(19)30-26(22)25-20-11-6-5-9-18(20)21(15-17)24(16)25/h5-15H,1-4H3. The van der Waals surface area contributed by atoms with Gasteiger partial charge in [-0.05, 0) is 67.4 Å². The maximum atomic E-state index is 6.41.